The zero-order valence-corrected chi connectivity index (χ0v) is 12.0. The van der Waals surface area contributed by atoms with Gasteiger partial charge < -0.3 is 4.74 Å². The van der Waals surface area contributed by atoms with Crippen LogP contribution < -0.4 is 16.0 Å². The van der Waals surface area contributed by atoms with Gasteiger partial charge in [-0.1, -0.05) is 18.2 Å². The van der Waals surface area contributed by atoms with Crippen molar-refractivity contribution in [2.45, 2.75) is 19.9 Å². The Morgan fingerprint density at radius 1 is 1.14 bits per heavy atom. The van der Waals surface area contributed by atoms with Gasteiger partial charge in [-0.25, -0.2) is 14.2 Å². The highest BCUT2D eigenvalue weighted by molar-refractivity contribution is 5.38. The van der Waals surface area contributed by atoms with Crippen LogP contribution >= 0.6 is 0 Å². The molecule has 3 nitrogen and oxygen atoms in total. The smallest absolute Gasteiger partial charge is 0.134 e. The van der Waals surface area contributed by atoms with Crippen molar-refractivity contribution in [2.75, 3.05) is 6.61 Å². The lowest BCUT2D eigenvalue weighted by Crippen LogP contribution is -2.30. The van der Waals surface area contributed by atoms with Crippen LogP contribution in [0.1, 0.15) is 29.7 Å². The second-order valence-corrected chi connectivity index (χ2v) is 4.69. The Bertz CT molecular complexity index is 614. The Labute approximate surface area is 122 Å². The Hall–Kier alpha value is -1.98. The molecule has 0 radical (unpaired) electrons. The number of benzene rings is 2. The highest BCUT2D eigenvalue weighted by Gasteiger charge is 2.22. The molecule has 0 aliphatic carbocycles. The molecule has 21 heavy (non-hydrogen) atoms. The fraction of sp³-hybridized carbons (Fsp3) is 0.250. The average molecular weight is 292 g/mol. The molecule has 2 aromatic rings. The van der Waals surface area contributed by atoms with E-state index in [1.807, 2.05) is 6.92 Å². The van der Waals surface area contributed by atoms with Gasteiger partial charge in [-0.05, 0) is 43.2 Å². The third-order valence-corrected chi connectivity index (χ3v) is 3.30. The van der Waals surface area contributed by atoms with Crippen LogP contribution in [-0.4, -0.2) is 6.61 Å². The van der Waals surface area contributed by atoms with Crippen molar-refractivity contribution in [3.63, 3.8) is 0 Å². The maximum Gasteiger partial charge on any atom is 0.134 e. The maximum atomic E-state index is 14.2. The number of hydrazine groups is 1. The predicted molar refractivity (Wildman–Crippen MR) is 77.9 cm³/mol. The van der Waals surface area contributed by atoms with Crippen molar-refractivity contribution in [1.29, 1.82) is 0 Å². The minimum atomic E-state index is -0.763. The van der Waals surface area contributed by atoms with E-state index in [1.165, 1.54) is 12.1 Å². The molecular formula is C16H18F2N2O. The van der Waals surface area contributed by atoms with Gasteiger partial charge in [-0.2, -0.15) is 0 Å². The Kier molecular flexibility index (Phi) is 4.88. The van der Waals surface area contributed by atoms with Gasteiger partial charge in [0.25, 0.3) is 0 Å². The molecule has 0 aromatic heterocycles. The second-order valence-electron chi connectivity index (χ2n) is 4.69. The van der Waals surface area contributed by atoms with Crippen LogP contribution in [-0.2, 0) is 0 Å². The predicted octanol–water partition coefficient (Wildman–Crippen LogP) is 3.22. The van der Waals surface area contributed by atoms with E-state index >= 15 is 0 Å². The molecule has 112 valence electrons. The lowest BCUT2D eigenvalue weighted by molar-refractivity contribution is 0.340. The van der Waals surface area contributed by atoms with Crippen molar-refractivity contribution in [1.82, 2.24) is 5.43 Å². The molecule has 0 aliphatic heterocycles. The summed E-state index contributed by atoms with van der Waals surface area (Å²) in [6.45, 7) is 4.03. The van der Waals surface area contributed by atoms with Gasteiger partial charge in [0.2, 0.25) is 0 Å². The summed E-state index contributed by atoms with van der Waals surface area (Å²) in [7, 11) is 0. The number of hydrogen-bond donors (Lipinski definition) is 2. The van der Waals surface area contributed by atoms with Crippen molar-refractivity contribution in [3.8, 4) is 5.75 Å². The monoisotopic (exact) mass is 292 g/mol. The number of hydrogen-bond acceptors (Lipinski definition) is 3. The van der Waals surface area contributed by atoms with Crippen LogP contribution in [0.15, 0.2) is 36.4 Å². The first-order valence-corrected chi connectivity index (χ1v) is 6.71. The van der Waals surface area contributed by atoms with E-state index in [9.17, 15) is 8.78 Å². The third-order valence-electron chi connectivity index (χ3n) is 3.30. The molecule has 2 aromatic carbocycles. The van der Waals surface area contributed by atoms with Crippen LogP contribution in [0.4, 0.5) is 8.78 Å². The topological polar surface area (TPSA) is 47.3 Å². The summed E-state index contributed by atoms with van der Waals surface area (Å²) in [5, 5.41) is 0. The van der Waals surface area contributed by atoms with E-state index in [4.69, 9.17) is 10.6 Å². The van der Waals surface area contributed by atoms with Gasteiger partial charge in [0.05, 0.1) is 12.6 Å². The van der Waals surface area contributed by atoms with Crippen molar-refractivity contribution >= 4 is 0 Å². The van der Waals surface area contributed by atoms with Gasteiger partial charge in [-0.15, -0.1) is 0 Å². The zero-order chi connectivity index (χ0) is 15.4. The molecule has 3 N–H and O–H groups in total. The lowest BCUT2D eigenvalue weighted by atomic mass is 9.96. The highest BCUT2D eigenvalue weighted by Crippen LogP contribution is 2.29. The molecule has 0 fully saturated rings. The van der Waals surface area contributed by atoms with E-state index in [0.29, 0.717) is 23.5 Å². The molecule has 0 saturated carbocycles. The summed E-state index contributed by atoms with van der Waals surface area (Å²) >= 11 is 0. The number of ether oxygens (including phenoxy) is 1. The van der Waals surface area contributed by atoms with E-state index < -0.39 is 17.7 Å². The quantitative estimate of drug-likeness (QED) is 0.657. The van der Waals surface area contributed by atoms with Crippen molar-refractivity contribution < 1.29 is 13.5 Å². The van der Waals surface area contributed by atoms with E-state index in [-0.39, 0.29) is 5.56 Å². The van der Waals surface area contributed by atoms with Crippen LogP contribution in [0.25, 0.3) is 0 Å². The van der Waals surface area contributed by atoms with Crippen LogP contribution in [0.3, 0.4) is 0 Å². The van der Waals surface area contributed by atoms with Crippen LogP contribution in [0.2, 0.25) is 0 Å². The molecule has 0 spiro atoms. The first kappa shape index (κ1) is 15.4. The fourth-order valence-electron chi connectivity index (χ4n) is 2.21. The number of aryl methyl sites for hydroxylation is 1. The summed E-state index contributed by atoms with van der Waals surface area (Å²) in [6, 6.07) is 8.84. The summed E-state index contributed by atoms with van der Waals surface area (Å²) in [5.74, 6) is 4.98. The summed E-state index contributed by atoms with van der Waals surface area (Å²) in [4.78, 5) is 0. The van der Waals surface area contributed by atoms with E-state index in [1.54, 1.807) is 31.2 Å². The van der Waals surface area contributed by atoms with Crippen LogP contribution in [0.5, 0.6) is 5.75 Å². The Balaban J connectivity index is 2.42. The Morgan fingerprint density at radius 2 is 1.81 bits per heavy atom. The molecule has 0 bridgehead atoms. The van der Waals surface area contributed by atoms with Gasteiger partial charge in [0.1, 0.15) is 17.4 Å². The molecule has 5 heteroatoms. The molecular weight excluding hydrogens is 274 g/mol. The molecule has 0 heterocycles. The number of halogens is 2. The first-order valence-electron chi connectivity index (χ1n) is 6.71. The van der Waals surface area contributed by atoms with Crippen LogP contribution in [0, 0.1) is 18.6 Å². The highest BCUT2D eigenvalue weighted by atomic mass is 19.1. The maximum absolute atomic E-state index is 14.2. The minimum absolute atomic E-state index is 0.0818. The van der Waals surface area contributed by atoms with Gasteiger partial charge in [0, 0.05) is 5.56 Å². The summed E-state index contributed by atoms with van der Waals surface area (Å²) in [6.07, 6.45) is 0. The molecule has 0 aliphatic rings. The standard InChI is InChI=1S/C16H18F2N2O/c1-3-21-12-7-5-11(6-8-12)16(20-19)14-13(17)9-4-10(2)15(14)18/h4-9,16,20H,3,19H2,1-2H3. The van der Waals surface area contributed by atoms with Gasteiger partial charge >= 0.3 is 0 Å². The molecule has 2 rings (SSSR count). The third kappa shape index (κ3) is 3.20. The average Bonchev–Trinajstić information content (AvgIpc) is 2.49. The lowest BCUT2D eigenvalue weighted by Gasteiger charge is -2.19. The normalized spacial score (nSPS) is 12.2. The number of nitrogens with two attached hydrogens (primary N) is 1. The SMILES string of the molecule is CCOc1ccc(C(NN)c2c(F)ccc(C)c2F)cc1. The van der Waals surface area contributed by atoms with E-state index in [2.05, 4.69) is 5.43 Å². The summed E-state index contributed by atoms with van der Waals surface area (Å²) < 4.78 is 33.6. The summed E-state index contributed by atoms with van der Waals surface area (Å²) in [5.41, 5.74) is 3.42. The Morgan fingerprint density at radius 3 is 2.38 bits per heavy atom. The van der Waals surface area contributed by atoms with E-state index in [0.717, 1.165) is 0 Å². The number of nitrogens with one attached hydrogen (secondary N) is 1. The molecule has 1 atom stereocenters. The largest absolute Gasteiger partial charge is 0.494 e. The van der Waals surface area contributed by atoms with Gasteiger partial charge in [0.15, 0.2) is 0 Å². The minimum Gasteiger partial charge on any atom is -0.494 e. The van der Waals surface area contributed by atoms with Crippen molar-refractivity contribution in [2.24, 2.45) is 5.84 Å². The number of rotatable bonds is 5. The zero-order valence-electron chi connectivity index (χ0n) is 12.0. The van der Waals surface area contributed by atoms with Gasteiger partial charge in [-0.3, -0.25) is 5.84 Å². The fourth-order valence-corrected chi connectivity index (χ4v) is 2.21. The van der Waals surface area contributed by atoms with Crippen molar-refractivity contribution in [3.05, 3.63) is 64.7 Å². The molecule has 0 saturated heterocycles. The first-order chi connectivity index (χ1) is 10.1. The molecule has 1 unspecified atom stereocenters. The molecule has 0 amide bonds. The second kappa shape index (κ2) is 6.65.